The smallest absolute Gasteiger partial charge is 0.241 e. The van der Waals surface area contributed by atoms with Gasteiger partial charge in [0.15, 0.2) is 0 Å². The molecule has 2 heterocycles. The average Bonchev–Trinajstić information content (AvgIpc) is 3.01. The van der Waals surface area contributed by atoms with E-state index in [1.807, 2.05) is 38.1 Å². The number of ether oxygens (including phenoxy) is 1. The van der Waals surface area contributed by atoms with E-state index < -0.39 is 5.54 Å². The van der Waals surface area contributed by atoms with Gasteiger partial charge in [-0.15, -0.1) is 11.3 Å². The lowest BCUT2D eigenvalue weighted by atomic mass is 9.46. The number of nitrogens with two attached hydrogens (primary N) is 1. The fourth-order valence-electron chi connectivity index (χ4n) is 4.33. The molecule has 0 radical (unpaired) electrons. The predicted octanol–water partition coefficient (Wildman–Crippen LogP) is 2.45. The molecule has 1 aliphatic heterocycles. The first kappa shape index (κ1) is 16.0. The molecule has 1 aromatic carbocycles. The van der Waals surface area contributed by atoms with Crippen LogP contribution in [0.1, 0.15) is 31.7 Å². The number of rotatable bonds is 3. The van der Waals surface area contributed by atoms with Crippen LogP contribution in [0.2, 0.25) is 0 Å². The van der Waals surface area contributed by atoms with Crippen molar-refractivity contribution < 1.29 is 9.53 Å². The number of nitrogens with zero attached hydrogens (tertiary/aromatic N) is 1. The third-order valence-electron chi connectivity index (χ3n) is 5.80. The van der Waals surface area contributed by atoms with Crippen LogP contribution in [0.5, 0.6) is 0 Å². The number of aromatic nitrogens is 1. The Hall–Kier alpha value is -1.50. The molecule has 1 amide bonds. The van der Waals surface area contributed by atoms with Crippen molar-refractivity contribution in [1.29, 1.82) is 0 Å². The summed E-state index contributed by atoms with van der Waals surface area (Å²) >= 11 is 1.61. The lowest BCUT2D eigenvalue weighted by Gasteiger charge is -2.65. The van der Waals surface area contributed by atoms with Crippen molar-refractivity contribution in [2.75, 3.05) is 6.61 Å². The van der Waals surface area contributed by atoms with Crippen LogP contribution in [0.3, 0.4) is 0 Å². The third-order valence-corrected chi connectivity index (χ3v) is 6.84. The van der Waals surface area contributed by atoms with Gasteiger partial charge in [0.1, 0.15) is 10.5 Å². The number of carbonyl (C=O) groups excluding carboxylic acids is 1. The normalized spacial score (nSPS) is 31.3. The number of benzene rings is 1. The summed E-state index contributed by atoms with van der Waals surface area (Å²) in [7, 11) is 0. The zero-order valence-corrected chi connectivity index (χ0v) is 14.9. The summed E-state index contributed by atoms with van der Waals surface area (Å²) in [6, 6.07) is 8.00. The lowest BCUT2D eigenvalue weighted by molar-refractivity contribution is -0.225. The van der Waals surface area contributed by atoms with Crippen LogP contribution in [0.15, 0.2) is 24.3 Å². The Morgan fingerprint density at radius 3 is 3.04 bits per heavy atom. The highest BCUT2D eigenvalue weighted by Gasteiger charge is 2.70. The Morgan fingerprint density at radius 2 is 2.25 bits per heavy atom. The minimum atomic E-state index is -0.866. The van der Waals surface area contributed by atoms with E-state index in [1.165, 1.54) is 0 Å². The van der Waals surface area contributed by atoms with Gasteiger partial charge < -0.3 is 15.8 Å². The zero-order chi connectivity index (χ0) is 16.9. The number of carbonyl (C=O) groups is 1. The fourth-order valence-corrected chi connectivity index (χ4v) is 5.24. The first-order chi connectivity index (χ1) is 11.4. The van der Waals surface area contributed by atoms with Crippen molar-refractivity contribution in [3.8, 4) is 0 Å². The second kappa shape index (κ2) is 5.51. The number of nitrogens with one attached hydrogen (secondary N) is 1. The highest BCUT2D eigenvalue weighted by Crippen LogP contribution is 2.57. The maximum Gasteiger partial charge on any atom is 0.241 e. The van der Waals surface area contributed by atoms with Gasteiger partial charge in [0.25, 0.3) is 0 Å². The summed E-state index contributed by atoms with van der Waals surface area (Å²) in [6.45, 7) is 5.27. The topological polar surface area (TPSA) is 77.2 Å². The fraction of sp³-hybridized carbons (Fsp3) is 0.556. The van der Waals surface area contributed by atoms with Gasteiger partial charge in [0.05, 0.1) is 22.9 Å². The molecule has 5 nitrogen and oxygen atoms in total. The summed E-state index contributed by atoms with van der Waals surface area (Å²) in [5, 5.41) is 3.92. The molecule has 1 saturated carbocycles. The van der Waals surface area contributed by atoms with Crippen molar-refractivity contribution in [2.24, 2.45) is 17.1 Å². The quantitative estimate of drug-likeness (QED) is 0.896. The molecule has 1 aromatic heterocycles. The van der Waals surface area contributed by atoms with Gasteiger partial charge >= 0.3 is 0 Å². The molecule has 128 valence electrons. The number of fused-ring (bicyclic) bond motifs is 2. The van der Waals surface area contributed by atoms with Crippen molar-refractivity contribution in [3.63, 3.8) is 0 Å². The van der Waals surface area contributed by atoms with E-state index in [9.17, 15) is 4.79 Å². The molecule has 1 saturated heterocycles. The van der Waals surface area contributed by atoms with Crippen molar-refractivity contribution >= 4 is 27.5 Å². The summed E-state index contributed by atoms with van der Waals surface area (Å²) in [5.74, 6) is 0.0233. The molecule has 3 N–H and O–H groups in total. The van der Waals surface area contributed by atoms with Crippen LogP contribution in [-0.4, -0.2) is 29.1 Å². The number of hydrogen-bond donors (Lipinski definition) is 2. The van der Waals surface area contributed by atoms with E-state index in [0.717, 1.165) is 34.7 Å². The largest absolute Gasteiger partial charge is 0.377 e. The molecular formula is C18H23N3O2S. The van der Waals surface area contributed by atoms with Gasteiger partial charge in [0.2, 0.25) is 5.91 Å². The Kier molecular flexibility index (Phi) is 3.67. The summed E-state index contributed by atoms with van der Waals surface area (Å²) < 4.78 is 7.00. The highest BCUT2D eigenvalue weighted by atomic mass is 32.1. The van der Waals surface area contributed by atoms with E-state index in [4.69, 9.17) is 10.5 Å². The van der Waals surface area contributed by atoms with Crippen molar-refractivity contribution in [3.05, 3.63) is 29.3 Å². The van der Waals surface area contributed by atoms with Crippen LogP contribution < -0.4 is 11.1 Å². The predicted molar refractivity (Wildman–Crippen MR) is 94.6 cm³/mol. The van der Waals surface area contributed by atoms with Crippen LogP contribution >= 0.6 is 11.3 Å². The van der Waals surface area contributed by atoms with Gasteiger partial charge in [-0.25, -0.2) is 4.98 Å². The SMILES string of the molecule is CC1(C)C2OCCCC2C1(N)C(=O)NCc1nc2ccccc2s1. The number of para-hydroxylation sites is 1. The van der Waals surface area contributed by atoms with Crippen LogP contribution in [0.25, 0.3) is 10.2 Å². The standard InChI is InChI=1S/C18H23N3O2S/c1-17(2)15-11(6-5-9-23-15)18(17,19)16(22)20-10-14-21-12-7-3-4-8-13(12)24-14/h3-4,7-8,11,15H,5-6,9-10,19H2,1-2H3,(H,20,22). The van der Waals surface area contributed by atoms with Crippen LogP contribution in [-0.2, 0) is 16.1 Å². The summed E-state index contributed by atoms with van der Waals surface area (Å²) in [6.07, 6.45) is 2.02. The van der Waals surface area contributed by atoms with E-state index in [0.29, 0.717) is 6.54 Å². The van der Waals surface area contributed by atoms with Crippen molar-refractivity contribution in [2.45, 2.75) is 44.9 Å². The molecule has 2 aliphatic rings. The third kappa shape index (κ3) is 2.13. The van der Waals surface area contributed by atoms with Gasteiger partial charge in [-0.2, -0.15) is 0 Å². The first-order valence-corrected chi connectivity index (χ1v) is 9.29. The van der Waals surface area contributed by atoms with Gasteiger partial charge in [0, 0.05) is 17.9 Å². The Balaban J connectivity index is 1.49. The minimum absolute atomic E-state index is 0.0847. The first-order valence-electron chi connectivity index (χ1n) is 8.48. The molecule has 3 unspecified atom stereocenters. The Bertz CT molecular complexity index is 754. The Morgan fingerprint density at radius 1 is 1.46 bits per heavy atom. The van der Waals surface area contributed by atoms with Gasteiger partial charge in [-0.1, -0.05) is 26.0 Å². The summed E-state index contributed by atoms with van der Waals surface area (Å²) in [5.41, 5.74) is 6.36. The number of hydrogen-bond acceptors (Lipinski definition) is 5. The van der Waals surface area contributed by atoms with E-state index in [1.54, 1.807) is 11.3 Å². The second-order valence-electron chi connectivity index (χ2n) is 7.39. The zero-order valence-electron chi connectivity index (χ0n) is 14.0. The number of amides is 1. The molecule has 3 atom stereocenters. The maximum atomic E-state index is 12.9. The van der Waals surface area contributed by atoms with Gasteiger partial charge in [-0.05, 0) is 25.0 Å². The molecule has 24 heavy (non-hydrogen) atoms. The highest BCUT2D eigenvalue weighted by molar-refractivity contribution is 7.18. The molecule has 2 aromatic rings. The van der Waals surface area contributed by atoms with E-state index >= 15 is 0 Å². The molecule has 2 fully saturated rings. The second-order valence-corrected chi connectivity index (χ2v) is 8.50. The summed E-state index contributed by atoms with van der Waals surface area (Å²) in [4.78, 5) is 17.5. The van der Waals surface area contributed by atoms with Crippen molar-refractivity contribution in [1.82, 2.24) is 10.3 Å². The average molecular weight is 345 g/mol. The van der Waals surface area contributed by atoms with Gasteiger partial charge in [-0.3, -0.25) is 4.79 Å². The minimum Gasteiger partial charge on any atom is -0.377 e. The van der Waals surface area contributed by atoms with E-state index in [2.05, 4.69) is 10.3 Å². The maximum absolute atomic E-state index is 12.9. The molecule has 0 spiro atoms. The Labute approximate surface area is 145 Å². The van der Waals surface area contributed by atoms with Crippen LogP contribution in [0.4, 0.5) is 0 Å². The van der Waals surface area contributed by atoms with E-state index in [-0.39, 0.29) is 23.3 Å². The lowest BCUT2D eigenvalue weighted by Crippen LogP contribution is -2.82. The number of thiazole rings is 1. The molecule has 0 bridgehead atoms. The monoisotopic (exact) mass is 345 g/mol. The molecule has 6 heteroatoms. The van der Waals surface area contributed by atoms with Crippen LogP contribution in [0, 0.1) is 11.3 Å². The molecule has 1 aliphatic carbocycles. The molecular weight excluding hydrogens is 322 g/mol. The molecule has 4 rings (SSSR count).